The highest BCUT2D eigenvalue weighted by molar-refractivity contribution is 5.81. The minimum atomic E-state index is -0.579. The SMILES string of the molecule is CCOC(=O)C1(NC)CCC(n2nc(CC)nc2CC)C1. The van der Waals surface area contributed by atoms with Gasteiger partial charge in [0.15, 0.2) is 5.82 Å². The Bertz CT molecular complexity index is 500. The van der Waals surface area contributed by atoms with Crippen LogP contribution < -0.4 is 5.32 Å². The number of rotatable bonds is 6. The van der Waals surface area contributed by atoms with E-state index in [0.717, 1.165) is 37.3 Å². The van der Waals surface area contributed by atoms with Crippen LogP contribution in [0.2, 0.25) is 0 Å². The molecule has 1 aliphatic carbocycles. The number of esters is 1. The molecule has 118 valence electrons. The maximum absolute atomic E-state index is 12.3. The number of aryl methyl sites for hydroxylation is 2. The number of hydrogen-bond acceptors (Lipinski definition) is 5. The topological polar surface area (TPSA) is 69.0 Å². The van der Waals surface area contributed by atoms with E-state index in [1.54, 1.807) is 0 Å². The second-order valence-electron chi connectivity index (χ2n) is 5.55. The van der Waals surface area contributed by atoms with E-state index in [0.29, 0.717) is 13.0 Å². The maximum atomic E-state index is 12.3. The number of aromatic nitrogens is 3. The zero-order valence-corrected chi connectivity index (χ0v) is 13.5. The smallest absolute Gasteiger partial charge is 0.326 e. The third-order valence-corrected chi connectivity index (χ3v) is 4.36. The number of nitrogens with one attached hydrogen (secondary N) is 1. The van der Waals surface area contributed by atoms with Crippen LogP contribution in [0.4, 0.5) is 0 Å². The molecule has 1 saturated carbocycles. The molecule has 1 fully saturated rings. The normalized spacial score (nSPS) is 25.2. The van der Waals surface area contributed by atoms with Crippen molar-refractivity contribution in [1.82, 2.24) is 20.1 Å². The van der Waals surface area contributed by atoms with Crippen molar-refractivity contribution >= 4 is 5.97 Å². The van der Waals surface area contributed by atoms with E-state index in [1.807, 2.05) is 18.7 Å². The summed E-state index contributed by atoms with van der Waals surface area (Å²) in [6.45, 7) is 6.40. The van der Waals surface area contributed by atoms with Crippen LogP contribution in [0.5, 0.6) is 0 Å². The first-order valence-electron chi connectivity index (χ1n) is 7.90. The highest BCUT2D eigenvalue weighted by atomic mass is 16.5. The summed E-state index contributed by atoms with van der Waals surface area (Å²) >= 11 is 0. The van der Waals surface area contributed by atoms with E-state index in [1.165, 1.54) is 0 Å². The van der Waals surface area contributed by atoms with Crippen molar-refractivity contribution < 1.29 is 9.53 Å². The molecule has 1 aromatic heterocycles. The van der Waals surface area contributed by atoms with E-state index in [4.69, 9.17) is 4.74 Å². The number of ether oxygens (including phenoxy) is 1. The lowest BCUT2D eigenvalue weighted by Crippen LogP contribution is -2.49. The highest BCUT2D eigenvalue weighted by Gasteiger charge is 2.46. The summed E-state index contributed by atoms with van der Waals surface area (Å²) < 4.78 is 7.27. The van der Waals surface area contributed by atoms with Gasteiger partial charge in [0, 0.05) is 12.8 Å². The molecule has 0 radical (unpaired) electrons. The summed E-state index contributed by atoms with van der Waals surface area (Å²) in [5, 5.41) is 7.80. The van der Waals surface area contributed by atoms with Gasteiger partial charge in [-0.05, 0) is 33.2 Å². The zero-order valence-electron chi connectivity index (χ0n) is 13.5. The predicted octanol–water partition coefficient (Wildman–Crippen LogP) is 1.65. The summed E-state index contributed by atoms with van der Waals surface area (Å²) in [6.07, 6.45) is 4.09. The fraction of sp³-hybridized carbons (Fsp3) is 0.800. The number of likely N-dealkylation sites (N-methyl/N-ethyl adjacent to an activating group) is 1. The molecule has 6 nitrogen and oxygen atoms in total. The third-order valence-electron chi connectivity index (χ3n) is 4.36. The van der Waals surface area contributed by atoms with Crippen molar-refractivity contribution in [3.05, 3.63) is 11.6 Å². The van der Waals surface area contributed by atoms with Crippen LogP contribution in [0, 0.1) is 0 Å². The molecule has 0 bridgehead atoms. The van der Waals surface area contributed by atoms with E-state index in [-0.39, 0.29) is 12.0 Å². The van der Waals surface area contributed by atoms with E-state index < -0.39 is 5.54 Å². The second kappa shape index (κ2) is 6.56. The average molecular weight is 294 g/mol. The number of carbonyl (C=O) groups excluding carboxylic acids is 1. The molecule has 1 aliphatic rings. The third kappa shape index (κ3) is 2.95. The van der Waals surface area contributed by atoms with Crippen LogP contribution in [0.3, 0.4) is 0 Å². The molecule has 1 heterocycles. The van der Waals surface area contributed by atoms with Crippen LogP contribution in [0.1, 0.15) is 57.7 Å². The van der Waals surface area contributed by atoms with Crippen molar-refractivity contribution in [2.45, 2.75) is 64.5 Å². The van der Waals surface area contributed by atoms with Crippen molar-refractivity contribution in [2.24, 2.45) is 0 Å². The van der Waals surface area contributed by atoms with Gasteiger partial charge in [-0.3, -0.25) is 4.79 Å². The molecule has 0 aliphatic heterocycles. The largest absolute Gasteiger partial charge is 0.465 e. The lowest BCUT2D eigenvalue weighted by Gasteiger charge is -2.26. The molecule has 21 heavy (non-hydrogen) atoms. The van der Waals surface area contributed by atoms with Gasteiger partial charge in [-0.25, -0.2) is 9.67 Å². The molecule has 2 unspecified atom stereocenters. The summed E-state index contributed by atoms with van der Waals surface area (Å²) in [5.41, 5.74) is -0.579. The Hall–Kier alpha value is -1.43. The lowest BCUT2D eigenvalue weighted by molar-refractivity contribution is -0.150. The van der Waals surface area contributed by atoms with Gasteiger partial charge >= 0.3 is 5.97 Å². The van der Waals surface area contributed by atoms with Gasteiger partial charge < -0.3 is 10.1 Å². The van der Waals surface area contributed by atoms with Crippen molar-refractivity contribution in [2.75, 3.05) is 13.7 Å². The van der Waals surface area contributed by atoms with Gasteiger partial charge in [0.25, 0.3) is 0 Å². The fourth-order valence-electron chi connectivity index (χ4n) is 3.10. The van der Waals surface area contributed by atoms with Crippen LogP contribution >= 0.6 is 0 Å². The molecule has 6 heteroatoms. The van der Waals surface area contributed by atoms with Crippen molar-refractivity contribution in [3.8, 4) is 0 Å². The van der Waals surface area contributed by atoms with Crippen molar-refractivity contribution in [1.29, 1.82) is 0 Å². The monoisotopic (exact) mass is 294 g/mol. The van der Waals surface area contributed by atoms with Gasteiger partial charge in [0.1, 0.15) is 11.4 Å². The Labute approximate surface area is 126 Å². The average Bonchev–Trinajstić information content (AvgIpc) is 3.11. The first-order chi connectivity index (χ1) is 10.1. The minimum Gasteiger partial charge on any atom is -0.465 e. The molecular formula is C15H26N4O2. The van der Waals surface area contributed by atoms with E-state index in [9.17, 15) is 4.79 Å². The van der Waals surface area contributed by atoms with Gasteiger partial charge in [-0.15, -0.1) is 0 Å². The van der Waals surface area contributed by atoms with Crippen LogP contribution in [0.25, 0.3) is 0 Å². The zero-order chi connectivity index (χ0) is 15.5. The molecule has 2 atom stereocenters. The molecular weight excluding hydrogens is 268 g/mol. The summed E-state index contributed by atoms with van der Waals surface area (Å²) in [5.74, 6) is 1.74. The maximum Gasteiger partial charge on any atom is 0.326 e. The first kappa shape index (κ1) is 15.9. The van der Waals surface area contributed by atoms with Gasteiger partial charge in [-0.2, -0.15) is 5.10 Å². The minimum absolute atomic E-state index is 0.149. The highest BCUT2D eigenvalue weighted by Crippen LogP contribution is 2.38. The molecule has 1 N–H and O–H groups in total. The Kier molecular flexibility index (Phi) is 4.98. The summed E-state index contributed by atoms with van der Waals surface area (Å²) in [4.78, 5) is 16.8. The Morgan fingerprint density at radius 2 is 2.19 bits per heavy atom. The van der Waals surface area contributed by atoms with E-state index in [2.05, 4.69) is 29.2 Å². The lowest BCUT2D eigenvalue weighted by atomic mass is 9.98. The van der Waals surface area contributed by atoms with Gasteiger partial charge in [0.05, 0.1) is 12.6 Å². The predicted molar refractivity (Wildman–Crippen MR) is 80.1 cm³/mol. The van der Waals surface area contributed by atoms with E-state index >= 15 is 0 Å². The Morgan fingerprint density at radius 1 is 1.43 bits per heavy atom. The number of hydrogen-bond donors (Lipinski definition) is 1. The van der Waals surface area contributed by atoms with Crippen LogP contribution in [0.15, 0.2) is 0 Å². The number of carbonyl (C=O) groups is 1. The summed E-state index contributed by atoms with van der Waals surface area (Å²) in [7, 11) is 1.83. The Balaban J connectivity index is 2.21. The van der Waals surface area contributed by atoms with Crippen LogP contribution in [-0.2, 0) is 22.4 Å². The van der Waals surface area contributed by atoms with Crippen molar-refractivity contribution in [3.63, 3.8) is 0 Å². The summed E-state index contributed by atoms with van der Waals surface area (Å²) in [6, 6.07) is 0.213. The van der Waals surface area contributed by atoms with Gasteiger partial charge in [-0.1, -0.05) is 13.8 Å². The molecule has 0 saturated heterocycles. The van der Waals surface area contributed by atoms with Crippen LogP contribution in [-0.4, -0.2) is 39.9 Å². The standard InChI is InChI=1S/C15H26N4O2/c1-5-12-17-13(6-2)19(18-12)11-8-9-15(10-11,16-4)14(20)21-7-3/h11,16H,5-10H2,1-4H3. The molecule has 0 amide bonds. The quantitative estimate of drug-likeness (QED) is 0.808. The Morgan fingerprint density at radius 3 is 2.76 bits per heavy atom. The molecule has 2 rings (SSSR count). The van der Waals surface area contributed by atoms with Gasteiger partial charge in [0.2, 0.25) is 0 Å². The number of nitrogens with zero attached hydrogens (tertiary/aromatic N) is 3. The molecule has 1 aromatic rings. The molecule has 0 spiro atoms. The fourth-order valence-corrected chi connectivity index (χ4v) is 3.10. The molecule has 0 aromatic carbocycles. The second-order valence-corrected chi connectivity index (χ2v) is 5.55. The first-order valence-corrected chi connectivity index (χ1v) is 7.90.